The Balaban J connectivity index is 1.54. The maximum atomic E-state index is 13.6. The molecule has 9 nitrogen and oxygen atoms in total. The average Bonchev–Trinajstić information content (AvgIpc) is 2.91. The van der Waals surface area contributed by atoms with E-state index in [0.29, 0.717) is 31.6 Å². The van der Waals surface area contributed by atoms with Gasteiger partial charge in [0.15, 0.2) is 17.5 Å². The summed E-state index contributed by atoms with van der Waals surface area (Å²) in [7, 11) is 3.29. The number of nitrogens with zero attached hydrogens (tertiary/aromatic N) is 2. The van der Waals surface area contributed by atoms with E-state index in [0.717, 1.165) is 17.7 Å². The molecule has 1 saturated heterocycles. The number of methoxy groups -OCH3 is 1. The van der Waals surface area contributed by atoms with Crippen LogP contribution in [0.3, 0.4) is 0 Å². The first-order valence-corrected chi connectivity index (χ1v) is 12.8. The maximum absolute atomic E-state index is 13.6. The van der Waals surface area contributed by atoms with E-state index in [1.807, 2.05) is 24.3 Å². The number of benzene rings is 2. The van der Waals surface area contributed by atoms with Gasteiger partial charge >= 0.3 is 0 Å². The van der Waals surface area contributed by atoms with Crippen molar-refractivity contribution in [3.05, 3.63) is 65.0 Å². The minimum atomic E-state index is -1.59. The lowest BCUT2D eigenvalue weighted by Gasteiger charge is -2.43. The Bertz CT molecular complexity index is 1090. The van der Waals surface area contributed by atoms with Gasteiger partial charge in [0.05, 0.1) is 38.4 Å². The number of hydrazine groups is 1. The molecule has 1 fully saturated rings. The van der Waals surface area contributed by atoms with Crippen LogP contribution in [0.15, 0.2) is 36.4 Å². The molecule has 1 aliphatic heterocycles. The number of rotatable bonds is 12. The molecule has 0 bridgehead atoms. The molecule has 39 heavy (non-hydrogen) atoms. The summed E-state index contributed by atoms with van der Waals surface area (Å²) in [5.74, 6) is 2.53. The number of halogens is 3. The van der Waals surface area contributed by atoms with Crippen LogP contribution in [0.2, 0.25) is 0 Å². The Kier molecular flexibility index (Phi) is 11.1. The molecule has 1 aliphatic rings. The minimum absolute atomic E-state index is 0.0142. The highest BCUT2D eigenvalue weighted by Crippen LogP contribution is 2.27. The van der Waals surface area contributed by atoms with Crippen molar-refractivity contribution in [1.82, 2.24) is 9.91 Å². The van der Waals surface area contributed by atoms with Gasteiger partial charge in [-0.25, -0.2) is 18.2 Å². The topological polar surface area (TPSA) is 135 Å². The highest BCUT2D eigenvalue weighted by Gasteiger charge is 2.40. The van der Waals surface area contributed by atoms with Crippen molar-refractivity contribution >= 4 is 5.91 Å². The van der Waals surface area contributed by atoms with Crippen LogP contribution in [-0.4, -0.2) is 84.2 Å². The molecule has 0 aromatic heterocycles. The smallest absolute Gasteiger partial charge is 0.226 e. The van der Waals surface area contributed by atoms with Crippen molar-refractivity contribution < 1.29 is 37.7 Å². The third kappa shape index (κ3) is 8.13. The van der Waals surface area contributed by atoms with Crippen LogP contribution >= 0.6 is 0 Å². The summed E-state index contributed by atoms with van der Waals surface area (Å²) < 4.78 is 51.6. The molecule has 5 atom stereocenters. The fourth-order valence-corrected chi connectivity index (χ4v) is 4.74. The van der Waals surface area contributed by atoms with Gasteiger partial charge in [-0.1, -0.05) is 12.1 Å². The zero-order valence-corrected chi connectivity index (χ0v) is 22.1. The lowest BCUT2D eigenvalue weighted by atomic mass is 9.92. The first kappa shape index (κ1) is 30.8. The third-order valence-electron chi connectivity index (χ3n) is 7.03. The third-order valence-corrected chi connectivity index (χ3v) is 7.03. The van der Waals surface area contributed by atoms with Gasteiger partial charge in [-0.2, -0.15) is 0 Å². The number of hydrogen-bond acceptors (Lipinski definition) is 8. The summed E-state index contributed by atoms with van der Waals surface area (Å²) >= 11 is 0. The molecule has 1 heterocycles. The molecule has 1 amide bonds. The van der Waals surface area contributed by atoms with Crippen molar-refractivity contribution in [2.45, 2.75) is 56.1 Å². The van der Waals surface area contributed by atoms with Gasteiger partial charge in [-0.05, 0) is 54.7 Å². The molecule has 6 N–H and O–H groups in total. The average molecular weight is 555 g/mol. The lowest BCUT2D eigenvalue weighted by molar-refractivity contribution is -0.168. The van der Waals surface area contributed by atoms with Gasteiger partial charge in [0.1, 0.15) is 11.9 Å². The van der Waals surface area contributed by atoms with Crippen LogP contribution in [0.1, 0.15) is 36.4 Å². The Morgan fingerprint density at radius 1 is 1.23 bits per heavy atom. The van der Waals surface area contributed by atoms with Gasteiger partial charge in [0.25, 0.3) is 0 Å². The summed E-state index contributed by atoms with van der Waals surface area (Å²) in [6.07, 6.45) is -0.746. The number of likely N-dealkylation sites (N-methyl/N-ethyl adjacent to an activating group) is 1. The maximum Gasteiger partial charge on any atom is 0.226 e. The van der Waals surface area contributed by atoms with Crippen LogP contribution in [0.25, 0.3) is 0 Å². The van der Waals surface area contributed by atoms with E-state index >= 15 is 0 Å². The standard InChI is InChI=1S/C27H37F3N4O5/c1-33(25(36)10-16-5-3-6-18(9-16)38-2)8-4-7-19-13-23(27(37)24(15-35)39-19)34(32)14-22(31)17-11-20(28)26(30)21(29)12-17/h3,5-6,9,11-12,19,22-24,27,35,37H,4,7-8,10,13-15,31-32H2,1-2H3. The SMILES string of the molecule is COc1cccc(CC(=O)N(C)CCCC2CC(N(N)CC(N)c3cc(F)c(F)c(F)c3)C(O)C(CO)O2)c1. The first-order valence-electron chi connectivity index (χ1n) is 12.8. The second-order valence-corrected chi connectivity index (χ2v) is 9.86. The van der Waals surface area contributed by atoms with E-state index in [1.165, 1.54) is 5.01 Å². The Morgan fingerprint density at radius 3 is 2.56 bits per heavy atom. The number of carbonyl (C=O) groups excluding carboxylic acids is 1. The molecule has 2 aromatic carbocycles. The predicted octanol–water partition coefficient (Wildman–Crippen LogP) is 1.65. The number of hydrogen-bond donors (Lipinski definition) is 4. The molecule has 0 aliphatic carbocycles. The van der Waals surface area contributed by atoms with Gasteiger partial charge in [0.2, 0.25) is 5.91 Å². The van der Waals surface area contributed by atoms with E-state index in [-0.39, 0.29) is 30.5 Å². The van der Waals surface area contributed by atoms with Crippen LogP contribution in [-0.2, 0) is 16.0 Å². The van der Waals surface area contributed by atoms with Crippen LogP contribution in [0, 0.1) is 17.5 Å². The zero-order valence-electron chi connectivity index (χ0n) is 22.1. The quantitative estimate of drug-likeness (QED) is 0.177. The van der Waals surface area contributed by atoms with E-state index < -0.39 is 48.4 Å². The van der Waals surface area contributed by atoms with E-state index in [9.17, 15) is 28.2 Å². The summed E-state index contributed by atoms with van der Waals surface area (Å²) in [6, 6.07) is 7.29. The molecule has 12 heteroatoms. The molecule has 216 valence electrons. The van der Waals surface area contributed by atoms with Crippen molar-refractivity contribution in [3.63, 3.8) is 0 Å². The van der Waals surface area contributed by atoms with Crippen molar-refractivity contribution in [3.8, 4) is 5.75 Å². The highest BCUT2D eigenvalue weighted by molar-refractivity contribution is 5.78. The van der Waals surface area contributed by atoms with E-state index in [1.54, 1.807) is 19.1 Å². The summed E-state index contributed by atoms with van der Waals surface area (Å²) in [5, 5.41) is 21.7. The van der Waals surface area contributed by atoms with Gasteiger partial charge in [0, 0.05) is 26.2 Å². The van der Waals surface area contributed by atoms with Crippen LogP contribution < -0.4 is 16.3 Å². The second kappa shape index (κ2) is 14.1. The molecule has 2 aromatic rings. The van der Waals surface area contributed by atoms with Gasteiger partial charge in [-0.15, -0.1) is 0 Å². The highest BCUT2D eigenvalue weighted by atomic mass is 19.2. The molecule has 0 saturated carbocycles. The molecular formula is C27H37F3N4O5. The fraction of sp³-hybridized carbons (Fsp3) is 0.519. The molecule has 0 radical (unpaired) electrons. The first-order chi connectivity index (χ1) is 18.5. The summed E-state index contributed by atoms with van der Waals surface area (Å²) in [5.41, 5.74) is 6.93. The second-order valence-electron chi connectivity index (χ2n) is 9.86. The van der Waals surface area contributed by atoms with Crippen molar-refractivity contribution in [2.75, 3.05) is 33.9 Å². The molecule has 3 rings (SSSR count). The Labute approximate surface area is 226 Å². The fourth-order valence-electron chi connectivity index (χ4n) is 4.74. The minimum Gasteiger partial charge on any atom is -0.497 e. The lowest BCUT2D eigenvalue weighted by Crippen LogP contribution is -2.59. The Hall–Kier alpha value is -2.74. The number of carbonyl (C=O) groups is 1. The van der Waals surface area contributed by atoms with E-state index in [2.05, 4.69) is 0 Å². The van der Waals surface area contributed by atoms with Crippen molar-refractivity contribution in [1.29, 1.82) is 0 Å². The number of amides is 1. The molecule has 0 spiro atoms. The monoisotopic (exact) mass is 554 g/mol. The van der Waals surface area contributed by atoms with Gasteiger partial charge < -0.3 is 30.3 Å². The van der Waals surface area contributed by atoms with Crippen LogP contribution in [0.4, 0.5) is 13.2 Å². The summed E-state index contributed by atoms with van der Waals surface area (Å²) in [6.45, 7) is -0.0709. The van der Waals surface area contributed by atoms with Crippen molar-refractivity contribution in [2.24, 2.45) is 11.6 Å². The van der Waals surface area contributed by atoms with Crippen LogP contribution in [0.5, 0.6) is 5.75 Å². The normalized spacial score (nSPS) is 22.1. The zero-order chi connectivity index (χ0) is 28.7. The number of ether oxygens (including phenoxy) is 2. The largest absolute Gasteiger partial charge is 0.497 e. The van der Waals surface area contributed by atoms with E-state index in [4.69, 9.17) is 21.1 Å². The Morgan fingerprint density at radius 2 is 1.92 bits per heavy atom. The molecule has 5 unspecified atom stereocenters. The number of aliphatic hydroxyl groups excluding tert-OH is 2. The number of nitrogens with two attached hydrogens (primary N) is 2. The number of aliphatic hydroxyl groups is 2. The predicted molar refractivity (Wildman–Crippen MR) is 138 cm³/mol. The summed E-state index contributed by atoms with van der Waals surface area (Å²) in [4.78, 5) is 14.3. The van der Waals surface area contributed by atoms with Gasteiger partial charge in [-0.3, -0.25) is 10.6 Å². The molecular weight excluding hydrogens is 517 g/mol.